The minimum absolute atomic E-state index is 0.481. The lowest BCUT2D eigenvalue weighted by atomic mass is 9.95. The third-order valence-electron chi connectivity index (χ3n) is 2.66. The van der Waals surface area contributed by atoms with Crippen LogP contribution >= 0.6 is 0 Å². The van der Waals surface area contributed by atoms with Gasteiger partial charge in [-0.05, 0) is 43.1 Å². The molecular weight excluding hydrogens is 162 g/mol. The second-order valence-corrected chi connectivity index (χ2v) is 3.49. The van der Waals surface area contributed by atoms with E-state index in [1.807, 2.05) is 6.07 Å². The Hall–Kier alpha value is -1.02. The lowest BCUT2D eigenvalue weighted by Gasteiger charge is -2.24. The van der Waals surface area contributed by atoms with Crippen LogP contribution in [0.2, 0.25) is 0 Å². The van der Waals surface area contributed by atoms with Crippen molar-refractivity contribution in [3.8, 4) is 5.75 Å². The Morgan fingerprint density at radius 1 is 1.46 bits per heavy atom. The highest BCUT2D eigenvalue weighted by atomic mass is 16.5. The predicted octanol–water partition coefficient (Wildman–Crippen LogP) is 1.90. The predicted molar refractivity (Wildman–Crippen MR) is 53.1 cm³/mol. The molecule has 1 aromatic rings. The van der Waals surface area contributed by atoms with Gasteiger partial charge in [-0.3, -0.25) is 0 Å². The molecule has 0 aliphatic carbocycles. The second-order valence-electron chi connectivity index (χ2n) is 3.49. The van der Waals surface area contributed by atoms with E-state index < -0.39 is 0 Å². The van der Waals surface area contributed by atoms with Gasteiger partial charge in [-0.1, -0.05) is 6.07 Å². The molecule has 1 atom stereocenters. The molecule has 0 amide bonds. The minimum atomic E-state index is 0.481. The monoisotopic (exact) mass is 177 g/mol. The van der Waals surface area contributed by atoms with Crippen molar-refractivity contribution in [1.29, 1.82) is 0 Å². The molecule has 0 saturated heterocycles. The number of methoxy groups -OCH3 is 1. The van der Waals surface area contributed by atoms with E-state index in [-0.39, 0.29) is 0 Å². The van der Waals surface area contributed by atoms with E-state index in [2.05, 4.69) is 24.4 Å². The molecule has 0 radical (unpaired) electrons. The van der Waals surface area contributed by atoms with Gasteiger partial charge >= 0.3 is 0 Å². The minimum Gasteiger partial charge on any atom is -0.497 e. The maximum atomic E-state index is 5.20. The topological polar surface area (TPSA) is 21.3 Å². The summed E-state index contributed by atoms with van der Waals surface area (Å²) in [5, 5.41) is 3.43. The average molecular weight is 177 g/mol. The van der Waals surface area contributed by atoms with Crippen molar-refractivity contribution < 1.29 is 4.74 Å². The van der Waals surface area contributed by atoms with Crippen LogP contribution in [-0.4, -0.2) is 13.7 Å². The van der Waals surface area contributed by atoms with E-state index in [1.165, 1.54) is 11.1 Å². The molecular formula is C11H15NO. The number of hydrogen-bond donors (Lipinski definition) is 1. The highest BCUT2D eigenvalue weighted by molar-refractivity contribution is 5.38. The van der Waals surface area contributed by atoms with Gasteiger partial charge in [0.2, 0.25) is 0 Å². The van der Waals surface area contributed by atoms with Gasteiger partial charge in [0.25, 0.3) is 0 Å². The molecule has 1 aromatic carbocycles. The van der Waals surface area contributed by atoms with Crippen LogP contribution in [0.25, 0.3) is 0 Å². The standard InChI is InChI=1S/C11H15NO/c1-8-11-4-3-10(13-2)7-9(11)5-6-12-8/h3-4,7-8,12H,5-6H2,1-2H3/t8-/m0/s1. The van der Waals surface area contributed by atoms with E-state index in [0.717, 1.165) is 18.7 Å². The van der Waals surface area contributed by atoms with Crippen LogP contribution in [0.1, 0.15) is 24.1 Å². The summed E-state index contributed by atoms with van der Waals surface area (Å²) in [6.07, 6.45) is 1.11. The first-order valence-corrected chi connectivity index (χ1v) is 4.71. The lowest BCUT2D eigenvalue weighted by molar-refractivity contribution is 0.412. The molecule has 1 heterocycles. The zero-order chi connectivity index (χ0) is 9.26. The largest absolute Gasteiger partial charge is 0.497 e. The van der Waals surface area contributed by atoms with Crippen molar-refractivity contribution in [3.63, 3.8) is 0 Å². The van der Waals surface area contributed by atoms with Crippen LogP contribution in [0.4, 0.5) is 0 Å². The molecule has 2 heteroatoms. The van der Waals surface area contributed by atoms with Crippen molar-refractivity contribution >= 4 is 0 Å². The Kier molecular flexibility index (Phi) is 2.23. The molecule has 2 nitrogen and oxygen atoms in total. The van der Waals surface area contributed by atoms with Gasteiger partial charge in [0.15, 0.2) is 0 Å². The normalized spacial score (nSPS) is 20.9. The van der Waals surface area contributed by atoms with Gasteiger partial charge < -0.3 is 10.1 Å². The second kappa shape index (κ2) is 3.38. The summed E-state index contributed by atoms with van der Waals surface area (Å²) in [6.45, 7) is 3.27. The van der Waals surface area contributed by atoms with Crippen LogP contribution in [-0.2, 0) is 6.42 Å². The zero-order valence-corrected chi connectivity index (χ0v) is 8.13. The van der Waals surface area contributed by atoms with Crippen LogP contribution in [0, 0.1) is 0 Å². The van der Waals surface area contributed by atoms with Gasteiger partial charge in [0.05, 0.1) is 7.11 Å². The van der Waals surface area contributed by atoms with Crippen LogP contribution in [0.5, 0.6) is 5.75 Å². The Balaban J connectivity index is 2.39. The molecule has 1 N–H and O–H groups in total. The van der Waals surface area contributed by atoms with Crippen molar-refractivity contribution in [1.82, 2.24) is 5.32 Å². The molecule has 0 unspecified atom stereocenters. The Labute approximate surface area is 78.9 Å². The molecule has 13 heavy (non-hydrogen) atoms. The summed E-state index contributed by atoms with van der Waals surface area (Å²) < 4.78 is 5.20. The van der Waals surface area contributed by atoms with E-state index in [1.54, 1.807) is 7.11 Å². The van der Waals surface area contributed by atoms with Crippen molar-refractivity contribution in [3.05, 3.63) is 29.3 Å². The van der Waals surface area contributed by atoms with Crippen molar-refractivity contribution in [2.45, 2.75) is 19.4 Å². The molecule has 2 rings (SSSR count). The van der Waals surface area contributed by atoms with Crippen LogP contribution < -0.4 is 10.1 Å². The first kappa shape index (κ1) is 8.57. The summed E-state index contributed by atoms with van der Waals surface area (Å²) in [5.41, 5.74) is 2.83. The lowest BCUT2D eigenvalue weighted by Crippen LogP contribution is -2.27. The fourth-order valence-corrected chi connectivity index (χ4v) is 1.88. The molecule has 0 aromatic heterocycles. The third-order valence-corrected chi connectivity index (χ3v) is 2.66. The number of ether oxygens (including phenoxy) is 1. The van der Waals surface area contributed by atoms with Crippen LogP contribution in [0.3, 0.4) is 0 Å². The fourth-order valence-electron chi connectivity index (χ4n) is 1.88. The smallest absolute Gasteiger partial charge is 0.119 e. The Bertz CT molecular complexity index is 309. The summed E-state index contributed by atoms with van der Waals surface area (Å²) in [4.78, 5) is 0. The third kappa shape index (κ3) is 1.54. The molecule has 1 aliphatic heterocycles. The van der Waals surface area contributed by atoms with Gasteiger partial charge in [0, 0.05) is 6.04 Å². The number of hydrogen-bond acceptors (Lipinski definition) is 2. The van der Waals surface area contributed by atoms with E-state index in [4.69, 9.17) is 4.74 Å². The maximum Gasteiger partial charge on any atom is 0.119 e. The number of fused-ring (bicyclic) bond motifs is 1. The Morgan fingerprint density at radius 2 is 2.31 bits per heavy atom. The number of benzene rings is 1. The first-order valence-electron chi connectivity index (χ1n) is 4.71. The summed E-state index contributed by atoms with van der Waals surface area (Å²) in [7, 11) is 1.71. The summed E-state index contributed by atoms with van der Waals surface area (Å²) in [5.74, 6) is 0.966. The van der Waals surface area contributed by atoms with E-state index >= 15 is 0 Å². The zero-order valence-electron chi connectivity index (χ0n) is 8.13. The highest BCUT2D eigenvalue weighted by Crippen LogP contribution is 2.25. The van der Waals surface area contributed by atoms with Gasteiger partial charge in [-0.25, -0.2) is 0 Å². The molecule has 0 fully saturated rings. The SMILES string of the molecule is COc1ccc2c(c1)CCN[C@H]2C. The molecule has 70 valence electrons. The average Bonchev–Trinajstić information content (AvgIpc) is 2.18. The Morgan fingerprint density at radius 3 is 3.08 bits per heavy atom. The fraction of sp³-hybridized carbons (Fsp3) is 0.455. The highest BCUT2D eigenvalue weighted by Gasteiger charge is 2.15. The number of nitrogens with one attached hydrogen (secondary N) is 1. The van der Waals surface area contributed by atoms with E-state index in [9.17, 15) is 0 Å². The van der Waals surface area contributed by atoms with Gasteiger partial charge in [0.1, 0.15) is 5.75 Å². The van der Waals surface area contributed by atoms with Crippen molar-refractivity contribution in [2.75, 3.05) is 13.7 Å². The van der Waals surface area contributed by atoms with Crippen LogP contribution in [0.15, 0.2) is 18.2 Å². The first-order chi connectivity index (χ1) is 6.31. The summed E-state index contributed by atoms with van der Waals surface area (Å²) in [6, 6.07) is 6.81. The molecule has 0 saturated carbocycles. The maximum absolute atomic E-state index is 5.20. The van der Waals surface area contributed by atoms with Gasteiger partial charge in [-0.2, -0.15) is 0 Å². The quantitative estimate of drug-likeness (QED) is 0.707. The van der Waals surface area contributed by atoms with Crippen molar-refractivity contribution in [2.24, 2.45) is 0 Å². The van der Waals surface area contributed by atoms with E-state index in [0.29, 0.717) is 6.04 Å². The summed E-state index contributed by atoms with van der Waals surface area (Å²) >= 11 is 0. The molecule has 0 spiro atoms. The number of rotatable bonds is 1. The molecule has 1 aliphatic rings. The van der Waals surface area contributed by atoms with Gasteiger partial charge in [-0.15, -0.1) is 0 Å². The molecule has 0 bridgehead atoms.